The van der Waals surface area contributed by atoms with Crippen LogP contribution in [0.3, 0.4) is 0 Å². The van der Waals surface area contributed by atoms with Crippen LogP contribution in [0.5, 0.6) is 0 Å². The van der Waals surface area contributed by atoms with Gasteiger partial charge in [-0.1, -0.05) is 20.8 Å². The first kappa shape index (κ1) is 6.69. The summed E-state index contributed by atoms with van der Waals surface area (Å²) >= 11 is 0. The number of rotatable bonds is 2. The van der Waals surface area contributed by atoms with E-state index in [1.807, 2.05) is 0 Å². The smallest absolute Gasteiger partial charge is 0.0241 e. The number of hydrogen-bond donors (Lipinski definition) is 0. The summed E-state index contributed by atoms with van der Waals surface area (Å²) in [6.07, 6.45) is 4.49. The van der Waals surface area contributed by atoms with Gasteiger partial charge in [-0.25, -0.2) is 0 Å². The molecule has 2 fully saturated rings. The van der Waals surface area contributed by atoms with Crippen molar-refractivity contribution < 1.29 is 0 Å². The van der Waals surface area contributed by atoms with Crippen molar-refractivity contribution in [2.45, 2.75) is 40.0 Å². The predicted molar refractivity (Wildman–Crippen MR) is 43.8 cm³/mol. The molecule has 0 N–H and O–H groups in total. The Morgan fingerprint density at radius 2 is 1.90 bits per heavy atom. The molecule has 10 heavy (non-hydrogen) atoms. The molecule has 0 nitrogen and oxygen atoms in total. The van der Waals surface area contributed by atoms with Crippen molar-refractivity contribution in [1.29, 1.82) is 0 Å². The lowest BCUT2D eigenvalue weighted by Gasteiger charge is -2.12. The molecule has 2 saturated carbocycles. The summed E-state index contributed by atoms with van der Waals surface area (Å²) in [5.41, 5.74) is 0.833. The zero-order valence-corrected chi connectivity index (χ0v) is 7.35. The molecule has 0 heteroatoms. The highest BCUT2D eigenvalue weighted by Gasteiger charge is 2.61. The van der Waals surface area contributed by atoms with Gasteiger partial charge in [-0.3, -0.25) is 0 Å². The minimum atomic E-state index is 0.833. The van der Waals surface area contributed by atoms with Crippen molar-refractivity contribution in [2.75, 3.05) is 0 Å². The van der Waals surface area contributed by atoms with Crippen LogP contribution in [0.2, 0.25) is 0 Å². The summed E-state index contributed by atoms with van der Waals surface area (Å²) in [4.78, 5) is 0. The van der Waals surface area contributed by atoms with Gasteiger partial charge in [0, 0.05) is 0 Å². The lowest BCUT2D eigenvalue weighted by Crippen LogP contribution is -2.05. The Labute approximate surface area is 64.0 Å². The Kier molecular flexibility index (Phi) is 1.19. The van der Waals surface area contributed by atoms with Crippen molar-refractivity contribution in [3.05, 3.63) is 0 Å². The Bertz CT molecular complexity index is 146. The Balaban J connectivity index is 2.02. The lowest BCUT2D eigenvalue weighted by atomic mass is 9.93. The molecule has 0 saturated heterocycles. The maximum absolute atomic E-state index is 2.43. The average molecular weight is 138 g/mol. The van der Waals surface area contributed by atoms with E-state index < -0.39 is 0 Å². The second-order valence-electron chi connectivity index (χ2n) is 4.51. The predicted octanol–water partition coefficient (Wildman–Crippen LogP) is 3.08. The quantitative estimate of drug-likeness (QED) is 0.550. The van der Waals surface area contributed by atoms with E-state index in [2.05, 4.69) is 20.8 Å². The van der Waals surface area contributed by atoms with Crippen molar-refractivity contribution in [1.82, 2.24) is 0 Å². The Hall–Kier alpha value is 0. The molecular weight excluding hydrogens is 120 g/mol. The SMILES string of the molecule is CCC1(C2CC2C)CC1C. The Morgan fingerprint density at radius 3 is 2.00 bits per heavy atom. The van der Waals surface area contributed by atoms with E-state index in [1.54, 1.807) is 0 Å². The normalized spacial score (nSPS) is 58.5. The molecule has 0 bridgehead atoms. The molecule has 4 atom stereocenters. The van der Waals surface area contributed by atoms with Crippen LogP contribution >= 0.6 is 0 Å². The molecule has 4 unspecified atom stereocenters. The molecular formula is C10H18. The maximum atomic E-state index is 2.43. The van der Waals surface area contributed by atoms with Crippen LogP contribution in [0.1, 0.15) is 40.0 Å². The summed E-state index contributed by atoms with van der Waals surface area (Å²) in [6, 6.07) is 0. The van der Waals surface area contributed by atoms with Crippen LogP contribution in [0.15, 0.2) is 0 Å². The molecule has 0 aromatic heterocycles. The van der Waals surface area contributed by atoms with Crippen LogP contribution in [0.25, 0.3) is 0 Å². The van der Waals surface area contributed by atoms with Gasteiger partial charge in [-0.05, 0) is 42.4 Å². The largest absolute Gasteiger partial charge is 0.0648 e. The molecule has 0 radical (unpaired) electrons. The third kappa shape index (κ3) is 0.681. The van der Waals surface area contributed by atoms with Crippen molar-refractivity contribution in [2.24, 2.45) is 23.2 Å². The van der Waals surface area contributed by atoms with Gasteiger partial charge in [-0.15, -0.1) is 0 Å². The minimum Gasteiger partial charge on any atom is -0.0648 e. The zero-order valence-electron chi connectivity index (χ0n) is 7.35. The summed E-state index contributed by atoms with van der Waals surface area (Å²) in [6.45, 7) is 7.20. The monoisotopic (exact) mass is 138 g/mol. The van der Waals surface area contributed by atoms with Gasteiger partial charge in [-0.2, -0.15) is 0 Å². The Morgan fingerprint density at radius 1 is 1.40 bits per heavy atom. The average Bonchev–Trinajstić information content (AvgIpc) is 2.73. The topological polar surface area (TPSA) is 0 Å². The summed E-state index contributed by atoms with van der Waals surface area (Å²) in [5, 5.41) is 0. The van der Waals surface area contributed by atoms with Crippen molar-refractivity contribution in [3.8, 4) is 0 Å². The van der Waals surface area contributed by atoms with E-state index in [0.717, 1.165) is 23.2 Å². The van der Waals surface area contributed by atoms with Crippen molar-refractivity contribution in [3.63, 3.8) is 0 Å². The number of hydrogen-bond acceptors (Lipinski definition) is 0. The third-order valence-electron chi connectivity index (χ3n) is 4.01. The van der Waals surface area contributed by atoms with Gasteiger partial charge in [0.15, 0.2) is 0 Å². The molecule has 58 valence electrons. The highest BCUT2D eigenvalue weighted by molar-refractivity contribution is 5.10. The molecule has 0 aliphatic heterocycles. The molecule has 0 amide bonds. The van der Waals surface area contributed by atoms with Crippen LogP contribution in [0.4, 0.5) is 0 Å². The zero-order chi connectivity index (χ0) is 7.35. The van der Waals surface area contributed by atoms with E-state index in [9.17, 15) is 0 Å². The molecule has 2 aliphatic carbocycles. The molecule has 0 aromatic carbocycles. The highest BCUT2D eigenvalue weighted by Crippen LogP contribution is 2.69. The summed E-state index contributed by atoms with van der Waals surface area (Å²) in [7, 11) is 0. The highest BCUT2D eigenvalue weighted by atomic mass is 14.7. The maximum Gasteiger partial charge on any atom is -0.0241 e. The molecule has 0 spiro atoms. The van der Waals surface area contributed by atoms with Gasteiger partial charge in [0.05, 0.1) is 0 Å². The van der Waals surface area contributed by atoms with Gasteiger partial charge in [0.1, 0.15) is 0 Å². The van der Waals surface area contributed by atoms with E-state index in [1.165, 1.54) is 19.3 Å². The van der Waals surface area contributed by atoms with Gasteiger partial charge < -0.3 is 0 Å². The molecule has 0 heterocycles. The van der Waals surface area contributed by atoms with Crippen LogP contribution in [-0.4, -0.2) is 0 Å². The lowest BCUT2D eigenvalue weighted by molar-refractivity contribution is 0.370. The second kappa shape index (κ2) is 1.78. The van der Waals surface area contributed by atoms with Crippen LogP contribution < -0.4 is 0 Å². The van der Waals surface area contributed by atoms with Gasteiger partial charge in [0.25, 0.3) is 0 Å². The fourth-order valence-corrected chi connectivity index (χ4v) is 2.91. The third-order valence-corrected chi connectivity index (χ3v) is 4.01. The molecule has 2 rings (SSSR count). The van der Waals surface area contributed by atoms with Crippen LogP contribution in [-0.2, 0) is 0 Å². The molecule has 0 aromatic rings. The van der Waals surface area contributed by atoms with E-state index >= 15 is 0 Å². The first-order chi connectivity index (χ1) is 4.70. The van der Waals surface area contributed by atoms with Gasteiger partial charge in [0.2, 0.25) is 0 Å². The van der Waals surface area contributed by atoms with E-state index in [4.69, 9.17) is 0 Å². The van der Waals surface area contributed by atoms with E-state index in [0.29, 0.717) is 0 Å². The van der Waals surface area contributed by atoms with E-state index in [-0.39, 0.29) is 0 Å². The first-order valence-electron chi connectivity index (χ1n) is 4.70. The fraction of sp³-hybridized carbons (Fsp3) is 1.00. The van der Waals surface area contributed by atoms with Crippen molar-refractivity contribution >= 4 is 0 Å². The standard InChI is InChI=1S/C10H18/c1-4-10(6-8(10)3)9-5-7(9)2/h7-9H,4-6H2,1-3H3. The second-order valence-corrected chi connectivity index (χ2v) is 4.51. The first-order valence-corrected chi connectivity index (χ1v) is 4.70. The minimum absolute atomic E-state index is 0.833. The molecule has 2 aliphatic rings. The van der Waals surface area contributed by atoms with Gasteiger partial charge >= 0.3 is 0 Å². The fourth-order valence-electron chi connectivity index (χ4n) is 2.91. The summed E-state index contributed by atoms with van der Waals surface area (Å²) in [5.74, 6) is 3.23. The summed E-state index contributed by atoms with van der Waals surface area (Å²) < 4.78 is 0. The van der Waals surface area contributed by atoms with Crippen LogP contribution in [0, 0.1) is 23.2 Å².